The van der Waals surface area contributed by atoms with Gasteiger partial charge in [0.05, 0.1) is 5.02 Å². The van der Waals surface area contributed by atoms with Crippen LogP contribution in [0.2, 0.25) is 5.02 Å². The van der Waals surface area contributed by atoms with Gasteiger partial charge in [-0.05, 0) is 64.9 Å². The highest BCUT2D eigenvalue weighted by Gasteiger charge is 2.07. The second-order valence-corrected chi connectivity index (χ2v) is 5.83. The molecular weight excluding hydrogens is 392 g/mol. The monoisotopic (exact) mass is 403 g/mol. The van der Waals surface area contributed by atoms with Crippen molar-refractivity contribution in [1.29, 1.82) is 0 Å². The largest absolute Gasteiger partial charge is 0.352 e. The number of hydrogen-bond acceptors (Lipinski definition) is 1. The number of rotatable bonds is 4. The van der Waals surface area contributed by atoms with Crippen LogP contribution in [0.25, 0.3) is 0 Å². The minimum absolute atomic E-state index is 0.181. The minimum Gasteiger partial charge on any atom is -0.352 e. The van der Waals surface area contributed by atoms with Crippen LogP contribution in [0.3, 0.4) is 0 Å². The fourth-order valence-corrected chi connectivity index (χ4v) is 2.27. The molecule has 0 aliphatic carbocycles. The average molecular weight is 404 g/mol. The number of carbonyl (C=O) groups is 1. The topological polar surface area (TPSA) is 29.1 Å². The van der Waals surface area contributed by atoms with Crippen LogP contribution in [-0.2, 0) is 6.42 Å². The standard InChI is InChI=1S/C15H12ClFINO/c16-13-9-11(4-5-14(13)18)15(20)19-7-6-10-2-1-3-12(17)8-10/h1-5,8-9H,6-7H2,(H,19,20). The molecule has 2 nitrogen and oxygen atoms in total. The molecule has 0 saturated carbocycles. The number of benzene rings is 2. The maximum atomic E-state index is 13.0. The summed E-state index contributed by atoms with van der Waals surface area (Å²) in [5.41, 5.74) is 1.38. The summed E-state index contributed by atoms with van der Waals surface area (Å²) >= 11 is 8.08. The summed E-state index contributed by atoms with van der Waals surface area (Å²) in [4.78, 5) is 11.9. The molecule has 1 amide bonds. The molecule has 0 fully saturated rings. The first kappa shape index (κ1) is 15.3. The molecule has 0 spiro atoms. The predicted molar refractivity (Wildman–Crippen MR) is 86.6 cm³/mol. The second kappa shape index (κ2) is 7.04. The van der Waals surface area contributed by atoms with Gasteiger partial charge in [0, 0.05) is 15.7 Å². The summed E-state index contributed by atoms with van der Waals surface area (Å²) in [6.45, 7) is 0.450. The Labute approximate surface area is 135 Å². The molecule has 20 heavy (non-hydrogen) atoms. The van der Waals surface area contributed by atoms with Crippen LogP contribution in [0, 0.1) is 9.39 Å². The third-order valence-corrected chi connectivity index (χ3v) is 4.34. The van der Waals surface area contributed by atoms with Gasteiger partial charge in [0.1, 0.15) is 5.82 Å². The van der Waals surface area contributed by atoms with Gasteiger partial charge in [-0.25, -0.2) is 4.39 Å². The van der Waals surface area contributed by atoms with Crippen LogP contribution in [0.15, 0.2) is 42.5 Å². The van der Waals surface area contributed by atoms with E-state index >= 15 is 0 Å². The summed E-state index contributed by atoms with van der Waals surface area (Å²) in [5, 5.41) is 3.35. The third kappa shape index (κ3) is 4.18. The van der Waals surface area contributed by atoms with Crippen LogP contribution in [0.4, 0.5) is 4.39 Å². The number of carbonyl (C=O) groups excluding carboxylic acids is 1. The summed E-state index contributed by atoms with van der Waals surface area (Å²) < 4.78 is 13.9. The fraction of sp³-hybridized carbons (Fsp3) is 0.133. The minimum atomic E-state index is -0.266. The van der Waals surface area contributed by atoms with Gasteiger partial charge in [0.15, 0.2) is 0 Å². The quantitative estimate of drug-likeness (QED) is 0.767. The molecule has 2 rings (SSSR count). The van der Waals surface area contributed by atoms with Crippen molar-refractivity contribution in [1.82, 2.24) is 5.32 Å². The van der Waals surface area contributed by atoms with E-state index in [0.717, 1.165) is 9.13 Å². The van der Waals surface area contributed by atoms with Crippen molar-refractivity contribution in [2.75, 3.05) is 6.54 Å². The van der Waals surface area contributed by atoms with E-state index < -0.39 is 0 Å². The Morgan fingerprint density at radius 1 is 1.25 bits per heavy atom. The van der Waals surface area contributed by atoms with Gasteiger partial charge in [-0.15, -0.1) is 0 Å². The SMILES string of the molecule is O=C(NCCc1cccc(F)c1)c1ccc(I)c(Cl)c1. The summed E-state index contributed by atoms with van der Waals surface area (Å²) in [6.07, 6.45) is 0.585. The molecule has 2 aromatic carbocycles. The van der Waals surface area contributed by atoms with Crippen LogP contribution >= 0.6 is 34.2 Å². The van der Waals surface area contributed by atoms with Crippen molar-refractivity contribution in [2.24, 2.45) is 0 Å². The molecule has 2 aromatic rings. The first-order valence-corrected chi connectivity index (χ1v) is 7.49. The average Bonchev–Trinajstić information content (AvgIpc) is 2.42. The molecule has 0 aliphatic heterocycles. The van der Waals surface area contributed by atoms with Gasteiger partial charge < -0.3 is 5.32 Å². The Bertz CT molecular complexity index is 633. The number of amides is 1. The van der Waals surface area contributed by atoms with Crippen LogP contribution in [-0.4, -0.2) is 12.5 Å². The maximum Gasteiger partial charge on any atom is 0.251 e. The van der Waals surface area contributed by atoms with Crippen LogP contribution in [0.5, 0.6) is 0 Å². The van der Waals surface area contributed by atoms with E-state index in [2.05, 4.69) is 27.9 Å². The molecule has 5 heteroatoms. The summed E-state index contributed by atoms with van der Waals surface area (Å²) in [5.74, 6) is -0.446. The molecule has 0 bridgehead atoms. The Balaban J connectivity index is 1.90. The normalized spacial score (nSPS) is 10.3. The van der Waals surface area contributed by atoms with E-state index in [4.69, 9.17) is 11.6 Å². The van der Waals surface area contributed by atoms with E-state index in [0.29, 0.717) is 23.6 Å². The number of hydrogen-bond donors (Lipinski definition) is 1. The summed E-state index contributed by atoms with van der Waals surface area (Å²) in [6, 6.07) is 11.5. The molecule has 0 unspecified atom stereocenters. The van der Waals surface area contributed by atoms with E-state index in [1.165, 1.54) is 12.1 Å². The van der Waals surface area contributed by atoms with E-state index in [-0.39, 0.29) is 11.7 Å². The van der Waals surface area contributed by atoms with Crippen molar-refractivity contribution < 1.29 is 9.18 Å². The molecule has 0 aliphatic rings. The van der Waals surface area contributed by atoms with E-state index in [1.54, 1.807) is 24.3 Å². The molecule has 0 heterocycles. The first-order valence-electron chi connectivity index (χ1n) is 6.04. The van der Waals surface area contributed by atoms with Crippen molar-refractivity contribution in [2.45, 2.75) is 6.42 Å². The second-order valence-electron chi connectivity index (χ2n) is 4.26. The molecule has 104 valence electrons. The smallest absolute Gasteiger partial charge is 0.251 e. The van der Waals surface area contributed by atoms with Crippen molar-refractivity contribution in [3.8, 4) is 0 Å². The van der Waals surface area contributed by atoms with Crippen molar-refractivity contribution in [3.05, 3.63) is 68.0 Å². The van der Waals surface area contributed by atoms with Crippen LogP contribution < -0.4 is 5.32 Å². The first-order chi connectivity index (χ1) is 9.56. The number of halogens is 3. The Morgan fingerprint density at radius 2 is 2.05 bits per heavy atom. The highest BCUT2D eigenvalue weighted by atomic mass is 127. The molecule has 0 atom stereocenters. The van der Waals surface area contributed by atoms with Gasteiger partial charge in [-0.3, -0.25) is 4.79 Å². The Kier molecular flexibility index (Phi) is 5.37. The zero-order valence-electron chi connectivity index (χ0n) is 10.5. The van der Waals surface area contributed by atoms with Gasteiger partial charge in [0.2, 0.25) is 0 Å². The molecule has 0 saturated heterocycles. The van der Waals surface area contributed by atoms with E-state index in [1.807, 2.05) is 6.07 Å². The van der Waals surface area contributed by atoms with Crippen LogP contribution in [0.1, 0.15) is 15.9 Å². The van der Waals surface area contributed by atoms with Crippen molar-refractivity contribution >= 4 is 40.1 Å². The lowest BCUT2D eigenvalue weighted by Gasteiger charge is -2.06. The predicted octanol–water partition coefficient (Wildman–Crippen LogP) is 4.06. The number of nitrogens with one attached hydrogen (secondary N) is 1. The maximum absolute atomic E-state index is 13.0. The molecule has 0 aromatic heterocycles. The summed E-state index contributed by atoms with van der Waals surface area (Å²) in [7, 11) is 0. The lowest BCUT2D eigenvalue weighted by molar-refractivity contribution is 0.0954. The molecule has 0 radical (unpaired) electrons. The lowest BCUT2D eigenvalue weighted by Crippen LogP contribution is -2.25. The fourth-order valence-electron chi connectivity index (χ4n) is 1.75. The van der Waals surface area contributed by atoms with E-state index in [9.17, 15) is 9.18 Å². The zero-order valence-corrected chi connectivity index (χ0v) is 13.4. The molecular formula is C15H12ClFINO. The third-order valence-electron chi connectivity index (χ3n) is 2.77. The molecule has 1 N–H and O–H groups in total. The van der Waals surface area contributed by atoms with Gasteiger partial charge in [0.25, 0.3) is 5.91 Å². The Hall–Kier alpha value is -1.14. The van der Waals surface area contributed by atoms with Gasteiger partial charge >= 0.3 is 0 Å². The highest BCUT2D eigenvalue weighted by Crippen LogP contribution is 2.19. The highest BCUT2D eigenvalue weighted by molar-refractivity contribution is 14.1. The Morgan fingerprint density at radius 3 is 2.75 bits per heavy atom. The van der Waals surface area contributed by atoms with Crippen molar-refractivity contribution in [3.63, 3.8) is 0 Å². The van der Waals surface area contributed by atoms with Gasteiger partial charge in [-0.2, -0.15) is 0 Å². The lowest BCUT2D eigenvalue weighted by atomic mass is 10.1. The van der Waals surface area contributed by atoms with Gasteiger partial charge in [-0.1, -0.05) is 23.7 Å². The zero-order chi connectivity index (χ0) is 14.5.